The highest BCUT2D eigenvalue weighted by atomic mass is 16.5. The van der Waals surface area contributed by atoms with E-state index in [-0.39, 0.29) is 18.0 Å². The number of ether oxygens (including phenoxy) is 1. The Balaban J connectivity index is 1.54. The number of nitrogens with one attached hydrogen (secondary N) is 1. The van der Waals surface area contributed by atoms with Crippen LogP contribution in [-0.2, 0) is 11.2 Å². The first kappa shape index (κ1) is 20.4. The molecule has 0 heterocycles. The van der Waals surface area contributed by atoms with Crippen molar-refractivity contribution >= 4 is 5.91 Å². The van der Waals surface area contributed by atoms with Gasteiger partial charge in [0, 0.05) is 6.04 Å². The first-order chi connectivity index (χ1) is 13.5. The molecule has 0 bridgehead atoms. The third-order valence-corrected chi connectivity index (χ3v) is 5.68. The van der Waals surface area contributed by atoms with Crippen LogP contribution in [0.25, 0.3) is 0 Å². The van der Waals surface area contributed by atoms with Crippen LogP contribution in [0.1, 0.15) is 42.5 Å². The normalized spacial score (nSPS) is 15.9. The molecule has 2 aromatic carbocycles. The van der Waals surface area contributed by atoms with Crippen molar-refractivity contribution in [2.24, 2.45) is 5.92 Å². The summed E-state index contributed by atoms with van der Waals surface area (Å²) in [6.07, 6.45) is 3.29. The van der Waals surface area contributed by atoms with E-state index in [1.54, 1.807) is 7.11 Å². The zero-order chi connectivity index (χ0) is 20.1. The zero-order valence-electron chi connectivity index (χ0n) is 17.4. The van der Waals surface area contributed by atoms with Crippen molar-refractivity contribution in [2.45, 2.75) is 45.2 Å². The molecule has 0 saturated heterocycles. The monoisotopic (exact) mass is 380 g/mol. The minimum atomic E-state index is 0.0987. The van der Waals surface area contributed by atoms with Crippen LogP contribution < -0.4 is 10.1 Å². The molecule has 1 fully saturated rings. The van der Waals surface area contributed by atoms with E-state index in [0.717, 1.165) is 12.2 Å². The molecule has 0 radical (unpaired) electrons. The van der Waals surface area contributed by atoms with E-state index in [0.29, 0.717) is 12.5 Å². The van der Waals surface area contributed by atoms with Gasteiger partial charge in [0.25, 0.3) is 0 Å². The second-order valence-electron chi connectivity index (χ2n) is 8.11. The molecule has 2 atom stereocenters. The fraction of sp³-hybridized carbons (Fsp3) is 0.458. The molecule has 1 N–H and O–H groups in total. The summed E-state index contributed by atoms with van der Waals surface area (Å²) in [7, 11) is 3.70. The topological polar surface area (TPSA) is 41.6 Å². The minimum Gasteiger partial charge on any atom is -0.497 e. The largest absolute Gasteiger partial charge is 0.497 e. The number of carbonyl (C=O) groups excluding carboxylic acids is 1. The molecule has 1 amide bonds. The number of likely N-dealkylation sites (N-methyl/N-ethyl adjacent to an activating group) is 1. The van der Waals surface area contributed by atoms with Gasteiger partial charge in [-0.3, -0.25) is 9.69 Å². The van der Waals surface area contributed by atoms with Crippen molar-refractivity contribution in [3.63, 3.8) is 0 Å². The summed E-state index contributed by atoms with van der Waals surface area (Å²) in [6, 6.07) is 17.1. The van der Waals surface area contributed by atoms with Crippen LogP contribution in [0.2, 0.25) is 0 Å². The molecular weight excluding hydrogens is 348 g/mol. The third-order valence-electron chi connectivity index (χ3n) is 5.68. The van der Waals surface area contributed by atoms with Gasteiger partial charge in [0.2, 0.25) is 5.91 Å². The van der Waals surface area contributed by atoms with E-state index in [9.17, 15) is 4.79 Å². The molecule has 28 heavy (non-hydrogen) atoms. The van der Waals surface area contributed by atoms with Crippen molar-refractivity contribution in [3.8, 4) is 5.75 Å². The Morgan fingerprint density at radius 1 is 1.14 bits per heavy atom. The van der Waals surface area contributed by atoms with Gasteiger partial charge in [0.1, 0.15) is 5.75 Å². The van der Waals surface area contributed by atoms with Crippen LogP contribution in [-0.4, -0.2) is 37.6 Å². The van der Waals surface area contributed by atoms with Gasteiger partial charge in [-0.2, -0.15) is 0 Å². The molecule has 1 saturated carbocycles. The molecule has 2 aromatic rings. The number of benzene rings is 2. The van der Waals surface area contributed by atoms with Crippen molar-refractivity contribution < 1.29 is 9.53 Å². The Hall–Kier alpha value is -2.33. The van der Waals surface area contributed by atoms with Crippen LogP contribution in [0.15, 0.2) is 48.5 Å². The van der Waals surface area contributed by atoms with E-state index in [4.69, 9.17) is 4.74 Å². The summed E-state index contributed by atoms with van der Waals surface area (Å²) < 4.78 is 5.22. The standard InChI is InChI=1S/C24H32N2O2/c1-17-5-9-20(10-6-17)24(21-11-12-21)25-23(27)16-26(3)18(2)15-19-7-13-22(28-4)14-8-19/h5-10,13-14,18,21,24H,11-12,15-16H2,1-4H3,(H,25,27). The maximum atomic E-state index is 12.7. The first-order valence-corrected chi connectivity index (χ1v) is 10.2. The van der Waals surface area contributed by atoms with Gasteiger partial charge in [-0.05, 0) is 69.3 Å². The summed E-state index contributed by atoms with van der Waals surface area (Å²) in [4.78, 5) is 14.8. The highest BCUT2D eigenvalue weighted by Crippen LogP contribution is 2.41. The molecule has 150 valence electrons. The number of amides is 1. The number of rotatable bonds is 9. The van der Waals surface area contributed by atoms with Crippen molar-refractivity contribution in [3.05, 3.63) is 65.2 Å². The van der Waals surface area contributed by atoms with Gasteiger partial charge in [-0.25, -0.2) is 0 Å². The lowest BCUT2D eigenvalue weighted by molar-refractivity contribution is -0.123. The highest BCUT2D eigenvalue weighted by molar-refractivity contribution is 5.78. The number of methoxy groups -OCH3 is 1. The first-order valence-electron chi connectivity index (χ1n) is 10.2. The SMILES string of the molecule is COc1ccc(CC(C)N(C)CC(=O)NC(c2ccc(C)cc2)C2CC2)cc1. The number of nitrogens with zero attached hydrogens (tertiary/aromatic N) is 1. The Kier molecular flexibility index (Phi) is 6.74. The second kappa shape index (κ2) is 9.24. The molecule has 3 rings (SSSR count). The van der Waals surface area contributed by atoms with E-state index >= 15 is 0 Å². The van der Waals surface area contributed by atoms with Gasteiger partial charge in [0.15, 0.2) is 0 Å². The predicted octanol–water partition coefficient (Wildman–Crippen LogP) is 4.13. The summed E-state index contributed by atoms with van der Waals surface area (Å²) >= 11 is 0. The summed E-state index contributed by atoms with van der Waals surface area (Å²) in [5.41, 5.74) is 3.71. The van der Waals surface area contributed by atoms with Crippen LogP contribution in [0.4, 0.5) is 0 Å². The lowest BCUT2D eigenvalue weighted by Crippen LogP contribution is -2.41. The van der Waals surface area contributed by atoms with Gasteiger partial charge in [-0.15, -0.1) is 0 Å². The summed E-state index contributed by atoms with van der Waals surface area (Å²) in [5.74, 6) is 1.54. The maximum Gasteiger partial charge on any atom is 0.234 e. The fourth-order valence-corrected chi connectivity index (χ4v) is 3.54. The van der Waals surface area contributed by atoms with E-state index < -0.39 is 0 Å². The van der Waals surface area contributed by atoms with Crippen LogP contribution in [0.5, 0.6) is 5.75 Å². The maximum absolute atomic E-state index is 12.7. The average Bonchev–Trinajstić information content (AvgIpc) is 3.52. The predicted molar refractivity (Wildman–Crippen MR) is 114 cm³/mol. The molecule has 0 aliphatic heterocycles. The molecule has 1 aliphatic carbocycles. The minimum absolute atomic E-state index is 0.0987. The Morgan fingerprint density at radius 3 is 2.36 bits per heavy atom. The van der Waals surface area contributed by atoms with Gasteiger partial charge >= 0.3 is 0 Å². The van der Waals surface area contributed by atoms with Crippen LogP contribution in [0.3, 0.4) is 0 Å². The number of hydrogen-bond acceptors (Lipinski definition) is 3. The number of carbonyl (C=O) groups is 1. The molecule has 0 spiro atoms. The lowest BCUT2D eigenvalue weighted by Gasteiger charge is -2.26. The fourth-order valence-electron chi connectivity index (χ4n) is 3.54. The highest BCUT2D eigenvalue weighted by Gasteiger charge is 2.33. The van der Waals surface area contributed by atoms with Gasteiger partial charge < -0.3 is 10.1 Å². The zero-order valence-corrected chi connectivity index (χ0v) is 17.4. The van der Waals surface area contributed by atoms with Crippen molar-refractivity contribution in [2.75, 3.05) is 20.7 Å². The van der Waals surface area contributed by atoms with E-state index in [1.807, 2.05) is 19.2 Å². The Bertz CT molecular complexity index is 766. The van der Waals surface area contributed by atoms with E-state index in [2.05, 4.69) is 60.5 Å². The van der Waals surface area contributed by atoms with Gasteiger partial charge in [0.05, 0.1) is 19.7 Å². The average molecular weight is 381 g/mol. The van der Waals surface area contributed by atoms with E-state index in [1.165, 1.54) is 29.5 Å². The lowest BCUT2D eigenvalue weighted by atomic mass is 10.0. The smallest absolute Gasteiger partial charge is 0.234 e. The molecular formula is C24H32N2O2. The second-order valence-corrected chi connectivity index (χ2v) is 8.11. The summed E-state index contributed by atoms with van der Waals surface area (Å²) in [5, 5.41) is 3.28. The molecule has 2 unspecified atom stereocenters. The Morgan fingerprint density at radius 2 is 1.79 bits per heavy atom. The quantitative estimate of drug-likeness (QED) is 0.711. The van der Waals surface area contributed by atoms with Gasteiger partial charge in [-0.1, -0.05) is 42.0 Å². The van der Waals surface area contributed by atoms with Crippen LogP contribution in [0, 0.1) is 12.8 Å². The van der Waals surface area contributed by atoms with Crippen molar-refractivity contribution in [1.29, 1.82) is 0 Å². The number of hydrogen-bond donors (Lipinski definition) is 1. The molecule has 4 nitrogen and oxygen atoms in total. The third kappa shape index (κ3) is 5.59. The number of aryl methyl sites for hydroxylation is 1. The molecule has 0 aromatic heterocycles. The summed E-state index contributed by atoms with van der Waals surface area (Å²) in [6.45, 7) is 4.66. The molecule has 1 aliphatic rings. The van der Waals surface area contributed by atoms with Crippen LogP contribution >= 0.6 is 0 Å². The van der Waals surface area contributed by atoms with Crippen molar-refractivity contribution in [1.82, 2.24) is 10.2 Å². The Labute approximate surface area is 168 Å². The molecule has 4 heteroatoms.